The molecule has 0 bridgehead atoms. The fraction of sp³-hybridized carbons (Fsp3) is 0.321. The molecule has 8 nitrogen and oxygen atoms in total. The third kappa shape index (κ3) is 3.56. The maximum absolute atomic E-state index is 13.4. The van der Waals surface area contributed by atoms with Gasteiger partial charge in [-0.1, -0.05) is 30.3 Å². The Bertz CT molecular complexity index is 1420. The van der Waals surface area contributed by atoms with E-state index in [4.69, 9.17) is 9.47 Å². The molecule has 1 saturated heterocycles. The van der Waals surface area contributed by atoms with E-state index in [0.717, 1.165) is 33.2 Å². The maximum atomic E-state index is 13.4. The Hall–Kier alpha value is -4.07. The van der Waals surface area contributed by atoms with Crippen molar-refractivity contribution in [2.45, 2.75) is 45.2 Å². The highest BCUT2D eigenvalue weighted by atomic mass is 16.7. The number of benzene rings is 2. The molecule has 0 radical (unpaired) electrons. The van der Waals surface area contributed by atoms with E-state index in [2.05, 4.69) is 16.0 Å². The third-order valence-electron chi connectivity index (χ3n) is 7.63. The Labute approximate surface area is 208 Å². The van der Waals surface area contributed by atoms with E-state index in [1.165, 1.54) is 5.56 Å². The summed E-state index contributed by atoms with van der Waals surface area (Å²) in [5.74, 6) is 0.869. The van der Waals surface area contributed by atoms with Gasteiger partial charge >= 0.3 is 6.03 Å². The summed E-state index contributed by atoms with van der Waals surface area (Å²) >= 11 is 0. The van der Waals surface area contributed by atoms with E-state index in [1.807, 2.05) is 56.3 Å². The molecule has 36 heavy (non-hydrogen) atoms. The van der Waals surface area contributed by atoms with E-state index in [1.54, 1.807) is 0 Å². The first-order valence-corrected chi connectivity index (χ1v) is 12.1. The summed E-state index contributed by atoms with van der Waals surface area (Å²) in [6.45, 7) is 4.34. The number of aromatic nitrogens is 1. The number of urea groups is 1. The lowest BCUT2D eigenvalue weighted by molar-refractivity contribution is -0.131. The number of aryl methyl sites for hydroxylation is 2. The zero-order valence-corrected chi connectivity index (χ0v) is 20.3. The highest BCUT2D eigenvalue weighted by Gasteiger charge is 2.52. The van der Waals surface area contributed by atoms with Crippen LogP contribution in [0.1, 0.15) is 44.9 Å². The van der Waals surface area contributed by atoms with E-state index in [0.29, 0.717) is 37.1 Å². The van der Waals surface area contributed by atoms with Gasteiger partial charge in [0.2, 0.25) is 6.79 Å². The molecule has 3 aliphatic rings. The van der Waals surface area contributed by atoms with Crippen molar-refractivity contribution in [3.05, 3.63) is 82.2 Å². The van der Waals surface area contributed by atoms with E-state index < -0.39 is 11.6 Å². The molecular weight excluding hydrogens is 458 g/mol. The van der Waals surface area contributed by atoms with Crippen LogP contribution in [-0.2, 0) is 24.2 Å². The number of Topliss-reactive ketones (excluding diaryl/α,β-unsaturated/α-hetero) is 1. The lowest BCUT2D eigenvalue weighted by Crippen LogP contribution is -2.51. The predicted octanol–water partition coefficient (Wildman–Crippen LogP) is 3.54. The maximum Gasteiger partial charge on any atom is 0.325 e. The molecule has 8 heteroatoms. The van der Waals surface area contributed by atoms with Crippen molar-refractivity contribution in [1.29, 1.82) is 0 Å². The number of hydrogen-bond donors (Lipinski definition) is 1. The number of fused-ring (bicyclic) bond motifs is 2. The third-order valence-corrected chi connectivity index (χ3v) is 7.63. The second-order valence-electron chi connectivity index (χ2n) is 9.83. The summed E-state index contributed by atoms with van der Waals surface area (Å²) in [5.41, 5.74) is 4.56. The van der Waals surface area contributed by atoms with Gasteiger partial charge < -0.3 is 19.4 Å². The molecule has 3 aromatic rings. The van der Waals surface area contributed by atoms with Crippen LogP contribution >= 0.6 is 0 Å². The zero-order chi connectivity index (χ0) is 25.0. The molecule has 1 fully saturated rings. The van der Waals surface area contributed by atoms with Gasteiger partial charge in [-0.25, -0.2) is 4.79 Å². The molecule has 1 spiro atoms. The quantitative estimate of drug-likeness (QED) is 0.441. The van der Waals surface area contributed by atoms with E-state index >= 15 is 0 Å². The minimum absolute atomic E-state index is 0.218. The van der Waals surface area contributed by atoms with Crippen LogP contribution in [0.2, 0.25) is 0 Å². The number of imide groups is 1. The minimum Gasteiger partial charge on any atom is -0.454 e. The highest BCUT2D eigenvalue weighted by Crippen LogP contribution is 2.35. The van der Waals surface area contributed by atoms with Gasteiger partial charge in [-0.3, -0.25) is 14.5 Å². The lowest BCUT2D eigenvalue weighted by atomic mass is 9.78. The van der Waals surface area contributed by atoms with Gasteiger partial charge in [0.25, 0.3) is 5.91 Å². The largest absolute Gasteiger partial charge is 0.454 e. The number of nitrogens with one attached hydrogen (secondary N) is 1. The smallest absolute Gasteiger partial charge is 0.325 e. The van der Waals surface area contributed by atoms with Crippen LogP contribution < -0.4 is 14.8 Å². The summed E-state index contributed by atoms with van der Waals surface area (Å²) in [7, 11) is 0. The topological polar surface area (TPSA) is 89.9 Å². The average Bonchev–Trinajstić information content (AvgIpc) is 3.51. The van der Waals surface area contributed by atoms with Crippen molar-refractivity contribution in [3.63, 3.8) is 0 Å². The molecule has 184 valence electrons. The molecule has 2 aliphatic heterocycles. The van der Waals surface area contributed by atoms with Crippen LogP contribution in [0.15, 0.2) is 48.5 Å². The van der Waals surface area contributed by atoms with Crippen LogP contribution in [0.4, 0.5) is 4.79 Å². The van der Waals surface area contributed by atoms with Crippen LogP contribution in [0.3, 0.4) is 0 Å². The summed E-state index contributed by atoms with van der Waals surface area (Å²) in [5, 5.41) is 2.91. The number of amides is 3. The van der Waals surface area contributed by atoms with Gasteiger partial charge in [0.05, 0.1) is 6.54 Å². The molecule has 1 aromatic heterocycles. The van der Waals surface area contributed by atoms with Crippen LogP contribution in [-0.4, -0.2) is 46.1 Å². The zero-order valence-electron chi connectivity index (χ0n) is 20.3. The first-order chi connectivity index (χ1) is 17.3. The molecular formula is C28H27N3O5. The molecule has 3 amide bonds. The minimum atomic E-state index is -0.970. The van der Waals surface area contributed by atoms with E-state index in [-0.39, 0.29) is 25.0 Å². The molecule has 0 saturated carbocycles. The predicted molar refractivity (Wildman–Crippen MR) is 131 cm³/mol. The van der Waals surface area contributed by atoms with Crippen LogP contribution in [0.25, 0.3) is 0 Å². The highest BCUT2D eigenvalue weighted by molar-refractivity contribution is 6.11. The van der Waals surface area contributed by atoms with Crippen molar-refractivity contribution in [1.82, 2.24) is 14.8 Å². The molecule has 1 atom stereocenters. The average molecular weight is 486 g/mol. The van der Waals surface area contributed by atoms with Gasteiger partial charge in [0.15, 0.2) is 17.3 Å². The second kappa shape index (κ2) is 8.26. The molecule has 1 aliphatic carbocycles. The molecule has 2 aromatic carbocycles. The van der Waals surface area contributed by atoms with Crippen LogP contribution in [0.5, 0.6) is 11.5 Å². The number of carbonyl (C=O) groups excluding carboxylic acids is 3. The fourth-order valence-corrected chi connectivity index (χ4v) is 5.62. The number of hydrogen-bond acceptors (Lipinski definition) is 5. The molecule has 0 unspecified atom stereocenters. The first kappa shape index (κ1) is 22.4. The first-order valence-electron chi connectivity index (χ1n) is 12.1. The van der Waals surface area contributed by atoms with Crippen molar-refractivity contribution in [2.24, 2.45) is 0 Å². The Kier molecular flexibility index (Phi) is 5.14. The molecule has 6 rings (SSSR count). The Morgan fingerprint density at radius 3 is 2.64 bits per heavy atom. The van der Waals surface area contributed by atoms with E-state index in [9.17, 15) is 14.4 Å². The number of carbonyl (C=O) groups is 3. The number of rotatable bonds is 5. The second-order valence-corrected chi connectivity index (χ2v) is 9.83. The van der Waals surface area contributed by atoms with Gasteiger partial charge in [0, 0.05) is 29.9 Å². The van der Waals surface area contributed by atoms with Crippen molar-refractivity contribution < 1.29 is 23.9 Å². The summed E-state index contributed by atoms with van der Waals surface area (Å²) in [6, 6.07) is 15.1. The summed E-state index contributed by atoms with van der Waals surface area (Å²) < 4.78 is 12.9. The Balaban J connectivity index is 1.20. The van der Waals surface area contributed by atoms with Crippen LogP contribution in [0, 0.1) is 13.8 Å². The number of ketones is 1. The lowest BCUT2D eigenvalue weighted by Gasteiger charge is -2.32. The normalized spacial score (nSPS) is 20.1. The fourth-order valence-electron chi connectivity index (χ4n) is 5.62. The number of ether oxygens (including phenoxy) is 2. The standard InChI is InChI=1S/C28H27N3O5/c1-17-11-22(18(2)30(17)14-19-7-8-24-25(12-19)36-16-35-24)23(32)15-31-26(33)28(29-27(31)34)10-9-20-5-3-4-6-21(20)13-28/h3-8,11-12H,9-10,13-16H2,1-2H3,(H,29,34)/t28-/m0/s1. The van der Waals surface area contributed by atoms with Crippen molar-refractivity contribution in [3.8, 4) is 11.5 Å². The van der Waals surface area contributed by atoms with Gasteiger partial charge in [-0.05, 0) is 61.6 Å². The van der Waals surface area contributed by atoms with Crippen molar-refractivity contribution >= 4 is 17.7 Å². The summed E-state index contributed by atoms with van der Waals surface area (Å²) in [4.78, 5) is 40.7. The monoisotopic (exact) mass is 485 g/mol. The van der Waals surface area contributed by atoms with Crippen molar-refractivity contribution in [2.75, 3.05) is 13.3 Å². The van der Waals surface area contributed by atoms with Gasteiger partial charge in [-0.15, -0.1) is 0 Å². The Morgan fingerprint density at radius 2 is 1.81 bits per heavy atom. The Morgan fingerprint density at radius 1 is 1.03 bits per heavy atom. The molecule has 3 heterocycles. The van der Waals surface area contributed by atoms with Gasteiger partial charge in [0.1, 0.15) is 5.54 Å². The number of nitrogens with zero attached hydrogens (tertiary/aromatic N) is 2. The SMILES string of the molecule is Cc1cc(C(=O)CN2C(=O)N[C@]3(CCc4ccccc4C3)C2=O)c(C)n1Cc1ccc2c(c1)OCO2. The summed E-state index contributed by atoms with van der Waals surface area (Å²) in [6.07, 6.45) is 1.69. The van der Waals surface area contributed by atoms with Gasteiger partial charge in [-0.2, -0.15) is 0 Å². The molecule has 1 N–H and O–H groups in total.